The fraction of sp³-hybridized carbons (Fsp3) is 0.942. The van der Waals surface area contributed by atoms with E-state index in [-0.39, 0.29) is 25.7 Å². The van der Waals surface area contributed by atoms with E-state index < -0.39 is 97.5 Å². The van der Waals surface area contributed by atoms with Crippen LogP contribution in [0.25, 0.3) is 0 Å². The van der Waals surface area contributed by atoms with Crippen molar-refractivity contribution in [1.29, 1.82) is 0 Å². The van der Waals surface area contributed by atoms with Crippen LogP contribution >= 0.6 is 15.6 Å². The van der Waals surface area contributed by atoms with E-state index >= 15 is 0 Å². The molecule has 0 aliphatic heterocycles. The smallest absolute Gasteiger partial charge is 0.462 e. The predicted octanol–water partition coefficient (Wildman–Crippen LogP) is 19.3. The molecule has 88 heavy (non-hydrogen) atoms. The molecule has 0 saturated heterocycles. The SMILES string of the molecule is CC(C)CCCCCCCCCCCCCCC(=O)O[C@H](COC(=O)CCCCCCCCC(C)C)COP(=O)(O)OCC(O)COP(=O)(O)OC[C@@H](COC(=O)CCCCCCCCCC(C)C)OC(=O)CCCCCCCCCCCCCC(C)C. The molecule has 0 bridgehead atoms. The van der Waals surface area contributed by atoms with Crippen LogP contribution in [0.1, 0.15) is 338 Å². The number of hydrogen-bond donors (Lipinski definition) is 3. The fourth-order valence-corrected chi connectivity index (χ4v) is 11.9. The molecule has 0 aliphatic carbocycles. The van der Waals surface area contributed by atoms with Crippen molar-refractivity contribution in [2.24, 2.45) is 23.7 Å². The Morgan fingerprint density at radius 2 is 0.477 bits per heavy atom. The van der Waals surface area contributed by atoms with Crippen molar-refractivity contribution in [2.45, 2.75) is 356 Å². The van der Waals surface area contributed by atoms with E-state index in [0.29, 0.717) is 37.5 Å². The Morgan fingerprint density at radius 1 is 0.284 bits per heavy atom. The maximum absolute atomic E-state index is 13.0. The van der Waals surface area contributed by atoms with E-state index in [1.807, 2.05) is 0 Å². The standard InChI is InChI=1S/C69H134O17P2/c1-59(2)45-37-29-21-16-12-9-10-14-18-24-35-43-51-68(73)86-65(56-80-67(72)50-42-34-28-27-32-40-48-62(7)8)58-84-88(77,78)82-54-63(70)53-81-87(75,76)83-57-64(55-79-66(71)49-41-33-26-20-23-31-39-47-61(5)6)85-69(74)52-44-36-25-19-15-11-13-17-22-30-38-46-60(3)4/h59-65,70H,9-58H2,1-8H3,(H,75,76)(H,77,78)/t63?,64-,65-/m1/s1. The lowest BCUT2D eigenvalue weighted by atomic mass is 10.0. The molecule has 0 spiro atoms. The molecule has 0 aromatic rings. The minimum absolute atomic E-state index is 0.105. The van der Waals surface area contributed by atoms with Gasteiger partial charge in [-0.25, -0.2) is 9.13 Å². The third kappa shape index (κ3) is 62.8. The highest BCUT2D eigenvalue weighted by Gasteiger charge is 2.30. The summed E-state index contributed by atoms with van der Waals surface area (Å²) >= 11 is 0. The van der Waals surface area contributed by atoms with Gasteiger partial charge in [0.15, 0.2) is 12.2 Å². The van der Waals surface area contributed by atoms with Gasteiger partial charge in [0.25, 0.3) is 0 Å². The van der Waals surface area contributed by atoms with Gasteiger partial charge in [-0.3, -0.25) is 37.3 Å². The average molecular weight is 1300 g/mol. The van der Waals surface area contributed by atoms with Crippen molar-refractivity contribution in [1.82, 2.24) is 0 Å². The molecule has 19 heteroatoms. The number of ether oxygens (including phenoxy) is 4. The third-order valence-corrected chi connectivity index (χ3v) is 17.7. The lowest BCUT2D eigenvalue weighted by Gasteiger charge is -2.21. The van der Waals surface area contributed by atoms with Crippen molar-refractivity contribution in [2.75, 3.05) is 39.6 Å². The number of carbonyl (C=O) groups excluding carboxylic acids is 4. The number of aliphatic hydroxyl groups is 1. The van der Waals surface area contributed by atoms with Crippen molar-refractivity contribution in [3.8, 4) is 0 Å². The van der Waals surface area contributed by atoms with E-state index in [4.69, 9.17) is 37.0 Å². The molecular weight excluding hydrogens is 1160 g/mol. The van der Waals surface area contributed by atoms with Crippen molar-refractivity contribution < 1.29 is 80.2 Å². The first-order chi connectivity index (χ1) is 42.1. The monoisotopic (exact) mass is 1300 g/mol. The lowest BCUT2D eigenvalue weighted by molar-refractivity contribution is -0.161. The molecule has 0 aromatic carbocycles. The average Bonchev–Trinajstić information content (AvgIpc) is 3.68. The summed E-state index contributed by atoms with van der Waals surface area (Å²) in [6.07, 6.45) is 40.5. The lowest BCUT2D eigenvalue weighted by Crippen LogP contribution is -2.30. The number of unbranched alkanes of at least 4 members (excludes halogenated alkanes) is 32. The van der Waals surface area contributed by atoms with Gasteiger partial charge in [-0.2, -0.15) is 0 Å². The number of carbonyl (C=O) groups is 4. The predicted molar refractivity (Wildman–Crippen MR) is 354 cm³/mol. The maximum Gasteiger partial charge on any atom is 0.472 e. The highest BCUT2D eigenvalue weighted by Crippen LogP contribution is 2.45. The molecule has 522 valence electrons. The van der Waals surface area contributed by atoms with Crippen LogP contribution in [0.2, 0.25) is 0 Å². The molecule has 5 atom stereocenters. The summed E-state index contributed by atoms with van der Waals surface area (Å²) in [5, 5.41) is 10.6. The van der Waals surface area contributed by atoms with Gasteiger partial charge < -0.3 is 33.8 Å². The first-order valence-corrected chi connectivity index (χ1v) is 38.7. The van der Waals surface area contributed by atoms with Crippen LogP contribution in [-0.2, 0) is 65.4 Å². The molecule has 3 unspecified atom stereocenters. The Morgan fingerprint density at radius 3 is 0.705 bits per heavy atom. The van der Waals surface area contributed by atoms with Crippen molar-refractivity contribution >= 4 is 39.5 Å². The highest BCUT2D eigenvalue weighted by atomic mass is 31.2. The Hall–Kier alpha value is -1.94. The molecule has 0 aromatic heterocycles. The molecule has 3 N–H and O–H groups in total. The van der Waals surface area contributed by atoms with E-state index in [0.717, 1.165) is 115 Å². The van der Waals surface area contributed by atoms with Crippen LogP contribution in [0.5, 0.6) is 0 Å². The van der Waals surface area contributed by atoms with Crippen LogP contribution in [0.15, 0.2) is 0 Å². The first-order valence-electron chi connectivity index (χ1n) is 35.7. The number of phosphoric ester groups is 2. The fourth-order valence-electron chi connectivity index (χ4n) is 10.3. The number of esters is 4. The Kier molecular flexibility index (Phi) is 57.6. The summed E-state index contributed by atoms with van der Waals surface area (Å²) in [6, 6.07) is 0. The Bertz CT molecular complexity index is 1750. The topological polar surface area (TPSA) is 237 Å². The first kappa shape index (κ1) is 86.1. The van der Waals surface area contributed by atoms with Gasteiger partial charge in [0, 0.05) is 25.7 Å². The van der Waals surface area contributed by atoms with Crippen LogP contribution in [0, 0.1) is 23.7 Å². The minimum atomic E-state index is -4.95. The maximum atomic E-state index is 13.0. The molecule has 0 rings (SSSR count). The van der Waals surface area contributed by atoms with E-state index in [1.165, 1.54) is 128 Å². The van der Waals surface area contributed by atoms with E-state index in [9.17, 15) is 43.2 Å². The summed E-state index contributed by atoms with van der Waals surface area (Å²) in [5.41, 5.74) is 0. The zero-order valence-corrected chi connectivity index (χ0v) is 59.1. The van der Waals surface area contributed by atoms with E-state index in [2.05, 4.69) is 55.4 Å². The second-order valence-corrected chi connectivity index (χ2v) is 29.7. The number of aliphatic hydroxyl groups excluding tert-OH is 1. The normalized spacial score (nSPS) is 14.3. The van der Waals surface area contributed by atoms with Gasteiger partial charge in [-0.1, -0.05) is 287 Å². The molecule has 0 heterocycles. The third-order valence-electron chi connectivity index (χ3n) is 15.8. The molecule has 0 radical (unpaired) electrons. The number of rotatable bonds is 66. The molecule has 0 fully saturated rings. The highest BCUT2D eigenvalue weighted by molar-refractivity contribution is 7.47. The van der Waals surface area contributed by atoms with E-state index in [1.54, 1.807) is 0 Å². The van der Waals surface area contributed by atoms with Crippen LogP contribution in [0.3, 0.4) is 0 Å². The zero-order valence-electron chi connectivity index (χ0n) is 57.3. The summed E-state index contributed by atoms with van der Waals surface area (Å²) in [7, 11) is -9.90. The zero-order chi connectivity index (χ0) is 65.4. The second kappa shape index (κ2) is 58.8. The van der Waals surface area contributed by atoms with Crippen molar-refractivity contribution in [3.05, 3.63) is 0 Å². The minimum Gasteiger partial charge on any atom is -0.462 e. The van der Waals surface area contributed by atoms with Gasteiger partial charge in [-0.05, 0) is 49.4 Å². The summed E-state index contributed by atoms with van der Waals surface area (Å²) in [5.74, 6) is 0.793. The van der Waals surface area contributed by atoms with Gasteiger partial charge in [0.05, 0.1) is 26.4 Å². The Labute approximate surface area is 537 Å². The summed E-state index contributed by atoms with van der Waals surface area (Å²) < 4.78 is 68.2. The van der Waals surface area contributed by atoms with Gasteiger partial charge >= 0.3 is 39.5 Å². The van der Waals surface area contributed by atoms with Crippen LogP contribution in [-0.4, -0.2) is 96.7 Å². The van der Waals surface area contributed by atoms with Gasteiger partial charge in [0.1, 0.15) is 19.3 Å². The summed E-state index contributed by atoms with van der Waals surface area (Å²) in [6.45, 7) is 14.0. The largest absolute Gasteiger partial charge is 0.472 e. The van der Waals surface area contributed by atoms with Crippen LogP contribution in [0.4, 0.5) is 0 Å². The quantitative estimate of drug-likeness (QED) is 0.0222. The van der Waals surface area contributed by atoms with Crippen LogP contribution < -0.4 is 0 Å². The molecule has 0 saturated carbocycles. The molecule has 17 nitrogen and oxygen atoms in total. The summed E-state index contributed by atoms with van der Waals surface area (Å²) in [4.78, 5) is 72.4. The second-order valence-electron chi connectivity index (χ2n) is 26.8. The number of phosphoric acid groups is 2. The number of hydrogen-bond acceptors (Lipinski definition) is 15. The molecule has 0 amide bonds. The molecule has 0 aliphatic rings. The molecular formula is C69H134O17P2. The van der Waals surface area contributed by atoms with Crippen molar-refractivity contribution in [3.63, 3.8) is 0 Å². The van der Waals surface area contributed by atoms with Gasteiger partial charge in [-0.15, -0.1) is 0 Å². The van der Waals surface area contributed by atoms with Gasteiger partial charge in [0.2, 0.25) is 0 Å². The Balaban J connectivity index is 5.23.